The van der Waals surface area contributed by atoms with Gasteiger partial charge in [0.25, 0.3) is 0 Å². The quantitative estimate of drug-likeness (QED) is 0.751. The average molecular weight is 290 g/mol. The Bertz CT molecular complexity index is 470. The molecule has 1 aliphatic carbocycles. The molecule has 114 valence electrons. The number of carbonyl (C=O) groups excluding carboxylic acids is 2. The monoisotopic (exact) mass is 290 g/mol. The zero-order valence-corrected chi connectivity index (χ0v) is 12.5. The lowest BCUT2D eigenvalue weighted by atomic mass is 10.1. The van der Waals surface area contributed by atoms with Gasteiger partial charge >= 0.3 is 5.97 Å². The average Bonchev–Trinajstić information content (AvgIpc) is 3.05. The van der Waals surface area contributed by atoms with Gasteiger partial charge in [-0.2, -0.15) is 0 Å². The first kappa shape index (κ1) is 15.5. The Morgan fingerprint density at radius 3 is 2.57 bits per heavy atom. The Labute approximate surface area is 125 Å². The molecule has 1 amide bonds. The standard InChI is InChI=1S/C16H22N2O3/c1-21-16(20)12-18(14-4-2-3-5-14)15(19)7-6-13-8-10-17-11-9-13/h8-11,14H,2-7,12H2,1H3. The van der Waals surface area contributed by atoms with Crippen LogP contribution in [0.4, 0.5) is 0 Å². The second-order valence-corrected chi connectivity index (χ2v) is 5.39. The molecular formula is C16H22N2O3. The van der Waals surface area contributed by atoms with Crippen molar-refractivity contribution in [3.05, 3.63) is 30.1 Å². The van der Waals surface area contributed by atoms with Crippen molar-refractivity contribution < 1.29 is 14.3 Å². The van der Waals surface area contributed by atoms with Crippen molar-refractivity contribution in [3.63, 3.8) is 0 Å². The summed E-state index contributed by atoms with van der Waals surface area (Å²) in [5.41, 5.74) is 1.09. The van der Waals surface area contributed by atoms with Crippen LogP contribution in [-0.2, 0) is 20.7 Å². The maximum absolute atomic E-state index is 12.5. The van der Waals surface area contributed by atoms with E-state index in [-0.39, 0.29) is 24.5 Å². The molecule has 1 aromatic heterocycles. The van der Waals surface area contributed by atoms with Crippen LogP contribution in [0.15, 0.2) is 24.5 Å². The number of hydrogen-bond donors (Lipinski definition) is 0. The largest absolute Gasteiger partial charge is 0.468 e. The van der Waals surface area contributed by atoms with Crippen LogP contribution in [0.1, 0.15) is 37.7 Å². The minimum atomic E-state index is -0.348. The molecule has 5 nitrogen and oxygen atoms in total. The maximum Gasteiger partial charge on any atom is 0.325 e. The van der Waals surface area contributed by atoms with Crippen LogP contribution in [0, 0.1) is 0 Å². The van der Waals surface area contributed by atoms with Gasteiger partial charge in [0, 0.05) is 24.9 Å². The molecule has 0 spiro atoms. The summed E-state index contributed by atoms with van der Waals surface area (Å²) < 4.78 is 4.71. The van der Waals surface area contributed by atoms with Gasteiger partial charge in [0.15, 0.2) is 0 Å². The molecule has 1 saturated carbocycles. The lowest BCUT2D eigenvalue weighted by molar-refractivity contribution is -0.148. The van der Waals surface area contributed by atoms with Crippen molar-refractivity contribution >= 4 is 11.9 Å². The molecule has 5 heteroatoms. The number of methoxy groups -OCH3 is 1. The highest BCUT2D eigenvalue weighted by molar-refractivity contribution is 5.82. The topological polar surface area (TPSA) is 59.5 Å². The van der Waals surface area contributed by atoms with E-state index in [0.717, 1.165) is 31.2 Å². The smallest absolute Gasteiger partial charge is 0.325 e. The van der Waals surface area contributed by atoms with Gasteiger partial charge in [0.2, 0.25) is 5.91 Å². The fraction of sp³-hybridized carbons (Fsp3) is 0.562. The normalized spacial score (nSPS) is 14.9. The number of aryl methyl sites for hydroxylation is 1. The molecule has 0 N–H and O–H groups in total. The summed E-state index contributed by atoms with van der Waals surface area (Å²) in [4.78, 5) is 29.7. The molecule has 0 aromatic carbocycles. The highest BCUT2D eigenvalue weighted by Crippen LogP contribution is 2.24. The lowest BCUT2D eigenvalue weighted by Crippen LogP contribution is -2.42. The highest BCUT2D eigenvalue weighted by atomic mass is 16.5. The molecular weight excluding hydrogens is 268 g/mol. The number of aromatic nitrogens is 1. The van der Waals surface area contributed by atoms with Crippen LogP contribution in [0.3, 0.4) is 0 Å². The molecule has 0 bridgehead atoms. The number of rotatable bonds is 6. The molecule has 1 heterocycles. The van der Waals surface area contributed by atoms with Crippen molar-refractivity contribution in [2.45, 2.75) is 44.6 Å². The Hall–Kier alpha value is -1.91. The number of pyridine rings is 1. The Balaban J connectivity index is 1.94. The fourth-order valence-corrected chi connectivity index (χ4v) is 2.78. The zero-order chi connectivity index (χ0) is 15.1. The number of ether oxygens (including phenoxy) is 1. The van der Waals surface area contributed by atoms with E-state index in [4.69, 9.17) is 4.74 Å². The summed E-state index contributed by atoms with van der Waals surface area (Å²) in [5.74, 6) is -0.316. The lowest BCUT2D eigenvalue weighted by Gasteiger charge is -2.28. The molecule has 0 radical (unpaired) electrons. The molecule has 0 aliphatic heterocycles. The van der Waals surface area contributed by atoms with Crippen LogP contribution in [0.5, 0.6) is 0 Å². The summed E-state index contributed by atoms with van der Waals surface area (Å²) in [7, 11) is 1.36. The molecule has 0 saturated heterocycles. The van der Waals surface area contributed by atoms with Gasteiger partial charge in [-0.15, -0.1) is 0 Å². The van der Waals surface area contributed by atoms with Crippen molar-refractivity contribution in [1.82, 2.24) is 9.88 Å². The van der Waals surface area contributed by atoms with E-state index in [9.17, 15) is 9.59 Å². The van der Waals surface area contributed by atoms with Crippen LogP contribution in [0.25, 0.3) is 0 Å². The zero-order valence-electron chi connectivity index (χ0n) is 12.5. The predicted octanol–water partition coefficient (Wildman–Crippen LogP) is 1.96. The number of hydrogen-bond acceptors (Lipinski definition) is 4. The first-order chi connectivity index (χ1) is 10.2. The Morgan fingerprint density at radius 2 is 1.95 bits per heavy atom. The van der Waals surface area contributed by atoms with Gasteiger partial charge in [0.1, 0.15) is 6.54 Å². The third-order valence-electron chi connectivity index (χ3n) is 3.99. The summed E-state index contributed by atoms with van der Waals surface area (Å²) in [6, 6.07) is 4.01. The minimum Gasteiger partial charge on any atom is -0.468 e. The van der Waals surface area contributed by atoms with Gasteiger partial charge in [-0.3, -0.25) is 14.6 Å². The fourth-order valence-electron chi connectivity index (χ4n) is 2.78. The van der Waals surface area contributed by atoms with E-state index in [1.807, 2.05) is 12.1 Å². The second kappa shape index (κ2) is 7.76. The van der Waals surface area contributed by atoms with Crippen molar-refractivity contribution in [2.75, 3.05) is 13.7 Å². The van der Waals surface area contributed by atoms with Crippen molar-refractivity contribution in [3.8, 4) is 0 Å². The van der Waals surface area contributed by atoms with E-state index in [2.05, 4.69) is 4.98 Å². The molecule has 1 aromatic rings. The summed E-state index contributed by atoms with van der Waals surface area (Å²) in [6.45, 7) is 0.0658. The van der Waals surface area contributed by atoms with E-state index < -0.39 is 0 Å². The number of carbonyl (C=O) groups is 2. The highest BCUT2D eigenvalue weighted by Gasteiger charge is 2.28. The second-order valence-electron chi connectivity index (χ2n) is 5.39. The predicted molar refractivity (Wildman–Crippen MR) is 78.5 cm³/mol. The number of esters is 1. The van der Waals surface area contributed by atoms with Crippen LogP contribution in [-0.4, -0.2) is 41.5 Å². The van der Waals surface area contributed by atoms with Crippen molar-refractivity contribution in [2.24, 2.45) is 0 Å². The molecule has 0 unspecified atom stereocenters. The third-order valence-corrected chi connectivity index (χ3v) is 3.99. The minimum absolute atomic E-state index is 0.0316. The first-order valence-corrected chi connectivity index (χ1v) is 7.46. The van der Waals surface area contributed by atoms with Crippen molar-refractivity contribution in [1.29, 1.82) is 0 Å². The number of nitrogens with zero attached hydrogens (tertiary/aromatic N) is 2. The SMILES string of the molecule is COC(=O)CN(C(=O)CCc1ccncc1)C1CCCC1. The summed E-state index contributed by atoms with van der Waals surface area (Å²) in [5, 5.41) is 0. The van der Waals surface area contributed by atoms with E-state index in [1.165, 1.54) is 7.11 Å². The molecule has 2 rings (SSSR count). The van der Waals surface area contributed by atoms with Gasteiger partial charge in [0.05, 0.1) is 7.11 Å². The molecule has 21 heavy (non-hydrogen) atoms. The van der Waals surface area contributed by atoms with E-state index >= 15 is 0 Å². The summed E-state index contributed by atoms with van der Waals surface area (Å²) in [6.07, 6.45) is 8.76. The van der Waals surface area contributed by atoms with Gasteiger partial charge in [-0.05, 0) is 37.0 Å². The van der Waals surface area contributed by atoms with E-state index in [0.29, 0.717) is 12.8 Å². The Kier molecular flexibility index (Phi) is 5.72. The van der Waals surface area contributed by atoms with Crippen LogP contribution < -0.4 is 0 Å². The molecule has 1 fully saturated rings. The van der Waals surface area contributed by atoms with Crippen LogP contribution >= 0.6 is 0 Å². The molecule has 0 atom stereocenters. The third kappa shape index (κ3) is 4.55. The summed E-state index contributed by atoms with van der Waals surface area (Å²) >= 11 is 0. The first-order valence-electron chi connectivity index (χ1n) is 7.46. The van der Waals surface area contributed by atoms with E-state index in [1.54, 1.807) is 17.3 Å². The Morgan fingerprint density at radius 1 is 1.29 bits per heavy atom. The maximum atomic E-state index is 12.5. The van der Waals surface area contributed by atoms with Gasteiger partial charge < -0.3 is 9.64 Å². The molecule has 1 aliphatic rings. The van der Waals surface area contributed by atoms with Gasteiger partial charge in [-0.25, -0.2) is 0 Å². The van der Waals surface area contributed by atoms with Crippen LogP contribution in [0.2, 0.25) is 0 Å². The van der Waals surface area contributed by atoms with Gasteiger partial charge in [-0.1, -0.05) is 12.8 Å². The number of amides is 1.